The van der Waals surface area contributed by atoms with Gasteiger partial charge in [-0.25, -0.2) is 9.78 Å². The van der Waals surface area contributed by atoms with Gasteiger partial charge in [0.1, 0.15) is 0 Å². The van der Waals surface area contributed by atoms with E-state index in [1.807, 2.05) is 0 Å². The molecule has 9 nitrogen and oxygen atoms in total. The van der Waals surface area contributed by atoms with Crippen molar-refractivity contribution in [2.24, 2.45) is 14.1 Å². The van der Waals surface area contributed by atoms with E-state index in [1.165, 1.54) is 25.6 Å². The fraction of sp³-hybridized carbons (Fsp3) is 0.235. The number of aromatic nitrogens is 4. The molecule has 2 N–H and O–H groups in total. The van der Waals surface area contributed by atoms with Gasteiger partial charge in [-0.1, -0.05) is 11.8 Å². The van der Waals surface area contributed by atoms with Gasteiger partial charge in [-0.3, -0.25) is 23.5 Å². The van der Waals surface area contributed by atoms with Gasteiger partial charge in [-0.2, -0.15) is 0 Å². The van der Waals surface area contributed by atoms with E-state index in [-0.39, 0.29) is 28.6 Å². The molecule has 0 saturated heterocycles. The Kier molecular flexibility index (Phi) is 5.00. The summed E-state index contributed by atoms with van der Waals surface area (Å²) in [5.41, 5.74) is 0.654. The monoisotopic (exact) mass is 387 g/mol. The van der Waals surface area contributed by atoms with E-state index >= 15 is 0 Å². The fourth-order valence-electron chi connectivity index (χ4n) is 2.49. The lowest BCUT2D eigenvalue weighted by molar-refractivity contribution is -0.113. The van der Waals surface area contributed by atoms with Crippen LogP contribution in [0.2, 0.25) is 0 Å². The second-order valence-corrected chi connectivity index (χ2v) is 6.88. The normalized spacial score (nSPS) is 10.9. The summed E-state index contributed by atoms with van der Waals surface area (Å²) < 4.78 is 2.26. The maximum Gasteiger partial charge on any atom is 0.332 e. The highest BCUT2D eigenvalue weighted by Gasteiger charge is 2.14. The highest BCUT2D eigenvalue weighted by Crippen LogP contribution is 2.17. The van der Waals surface area contributed by atoms with Crippen LogP contribution in [0.1, 0.15) is 17.3 Å². The molecule has 27 heavy (non-hydrogen) atoms. The number of imidazole rings is 1. The fourth-order valence-corrected chi connectivity index (χ4v) is 3.16. The van der Waals surface area contributed by atoms with Crippen LogP contribution < -0.4 is 16.6 Å². The number of benzene rings is 1. The highest BCUT2D eigenvalue weighted by molar-refractivity contribution is 7.99. The third-order valence-corrected chi connectivity index (χ3v) is 4.86. The van der Waals surface area contributed by atoms with Crippen LogP contribution in [0.15, 0.2) is 39.0 Å². The number of carbonyl (C=O) groups excluding carboxylic acids is 2. The van der Waals surface area contributed by atoms with E-state index in [0.29, 0.717) is 16.4 Å². The van der Waals surface area contributed by atoms with Crippen molar-refractivity contribution in [3.63, 3.8) is 0 Å². The smallest absolute Gasteiger partial charge is 0.327 e. The van der Waals surface area contributed by atoms with Crippen LogP contribution in [0.25, 0.3) is 11.2 Å². The minimum Gasteiger partial charge on any atom is -0.327 e. The first-order valence-corrected chi connectivity index (χ1v) is 8.96. The summed E-state index contributed by atoms with van der Waals surface area (Å²) in [4.78, 5) is 54.5. The molecule has 1 aromatic carbocycles. The van der Waals surface area contributed by atoms with Gasteiger partial charge >= 0.3 is 5.69 Å². The molecule has 3 rings (SSSR count). The van der Waals surface area contributed by atoms with Crippen LogP contribution in [0.3, 0.4) is 0 Å². The Morgan fingerprint density at radius 3 is 2.44 bits per heavy atom. The Hall–Kier alpha value is -3.14. The number of H-pyrrole nitrogens is 1. The van der Waals surface area contributed by atoms with E-state index in [1.54, 1.807) is 24.3 Å². The summed E-state index contributed by atoms with van der Waals surface area (Å²) in [6.07, 6.45) is 0. The number of ketones is 1. The van der Waals surface area contributed by atoms with Gasteiger partial charge in [0.15, 0.2) is 22.1 Å². The molecule has 3 aromatic rings. The standard InChI is InChI=1S/C17H17N5O4S/c1-9(23)10-4-6-11(7-5-10)18-12(24)8-27-16-19-13-14(20-16)21(2)17(26)22(3)15(13)25/h4-7H,8H2,1-3H3,(H,18,24)(H,19,20). The lowest BCUT2D eigenvalue weighted by atomic mass is 10.1. The van der Waals surface area contributed by atoms with Crippen molar-refractivity contribution in [3.8, 4) is 0 Å². The van der Waals surface area contributed by atoms with E-state index in [0.717, 1.165) is 16.3 Å². The zero-order valence-electron chi connectivity index (χ0n) is 14.9. The van der Waals surface area contributed by atoms with Gasteiger partial charge in [0.25, 0.3) is 5.56 Å². The third-order valence-electron chi connectivity index (χ3n) is 3.99. The van der Waals surface area contributed by atoms with Crippen LogP contribution in [0, 0.1) is 0 Å². The Balaban J connectivity index is 1.71. The van der Waals surface area contributed by atoms with Gasteiger partial charge in [0, 0.05) is 25.3 Å². The molecule has 0 spiro atoms. The molecule has 0 bridgehead atoms. The molecule has 140 valence electrons. The zero-order chi connectivity index (χ0) is 19.7. The molecule has 0 unspecified atom stereocenters. The number of Topliss-reactive ketones (excluding diaryl/α,β-unsaturated/α-hetero) is 1. The highest BCUT2D eigenvalue weighted by atomic mass is 32.2. The molecule has 1 amide bonds. The minimum atomic E-state index is -0.470. The third kappa shape index (κ3) is 3.70. The molecule has 2 aromatic heterocycles. The first-order chi connectivity index (χ1) is 12.8. The molecular weight excluding hydrogens is 370 g/mol. The van der Waals surface area contributed by atoms with E-state index in [2.05, 4.69) is 15.3 Å². The molecule has 0 radical (unpaired) electrons. The quantitative estimate of drug-likeness (QED) is 0.496. The number of thioether (sulfide) groups is 1. The maximum absolute atomic E-state index is 12.1. The summed E-state index contributed by atoms with van der Waals surface area (Å²) in [5.74, 6) is -0.255. The van der Waals surface area contributed by atoms with Crippen LogP contribution in [0.5, 0.6) is 0 Å². The number of nitrogens with zero attached hydrogens (tertiary/aromatic N) is 3. The average Bonchev–Trinajstić information content (AvgIpc) is 3.08. The van der Waals surface area contributed by atoms with Crippen molar-refractivity contribution in [2.75, 3.05) is 11.1 Å². The molecule has 0 aliphatic carbocycles. The Morgan fingerprint density at radius 2 is 1.81 bits per heavy atom. The number of carbonyl (C=O) groups is 2. The van der Waals surface area contributed by atoms with E-state index < -0.39 is 11.2 Å². The van der Waals surface area contributed by atoms with Gasteiger partial charge in [-0.15, -0.1) is 0 Å². The summed E-state index contributed by atoms with van der Waals surface area (Å²) in [7, 11) is 2.92. The molecule has 0 aliphatic rings. The Morgan fingerprint density at radius 1 is 1.15 bits per heavy atom. The Bertz CT molecular complexity index is 1160. The number of amides is 1. The zero-order valence-corrected chi connectivity index (χ0v) is 15.7. The first-order valence-electron chi connectivity index (χ1n) is 7.97. The van der Waals surface area contributed by atoms with Gasteiger partial charge in [0.2, 0.25) is 5.91 Å². The SMILES string of the molecule is CC(=O)c1ccc(NC(=O)CSc2nc3c([nH]2)c(=O)n(C)c(=O)n3C)cc1. The van der Waals surface area contributed by atoms with Crippen LogP contribution in [-0.2, 0) is 18.9 Å². The maximum atomic E-state index is 12.1. The number of aryl methyl sites for hydroxylation is 1. The molecule has 2 heterocycles. The second kappa shape index (κ2) is 7.23. The van der Waals surface area contributed by atoms with Crippen molar-refractivity contribution in [2.45, 2.75) is 12.1 Å². The molecule has 10 heteroatoms. The van der Waals surface area contributed by atoms with Gasteiger partial charge < -0.3 is 10.3 Å². The number of hydrogen-bond acceptors (Lipinski definition) is 6. The van der Waals surface area contributed by atoms with Crippen LogP contribution in [-0.4, -0.2) is 36.5 Å². The van der Waals surface area contributed by atoms with Crippen LogP contribution >= 0.6 is 11.8 Å². The average molecular weight is 387 g/mol. The predicted molar refractivity (Wildman–Crippen MR) is 102 cm³/mol. The molecule has 0 atom stereocenters. The summed E-state index contributed by atoms with van der Waals surface area (Å²) >= 11 is 1.11. The molecule has 0 aliphatic heterocycles. The summed E-state index contributed by atoms with van der Waals surface area (Å²) in [5, 5.41) is 3.09. The van der Waals surface area contributed by atoms with Crippen LogP contribution in [0.4, 0.5) is 5.69 Å². The largest absolute Gasteiger partial charge is 0.332 e. The number of fused-ring (bicyclic) bond motifs is 1. The van der Waals surface area contributed by atoms with E-state index in [4.69, 9.17) is 0 Å². The number of hydrogen-bond donors (Lipinski definition) is 2. The molecule has 0 fully saturated rings. The van der Waals surface area contributed by atoms with Crippen molar-refractivity contribution in [1.82, 2.24) is 19.1 Å². The lowest BCUT2D eigenvalue weighted by Crippen LogP contribution is -2.36. The lowest BCUT2D eigenvalue weighted by Gasteiger charge is -2.04. The van der Waals surface area contributed by atoms with E-state index in [9.17, 15) is 19.2 Å². The first kappa shape index (κ1) is 18.6. The minimum absolute atomic E-state index is 0.0474. The number of anilines is 1. The van der Waals surface area contributed by atoms with Gasteiger partial charge in [-0.05, 0) is 31.2 Å². The van der Waals surface area contributed by atoms with Crippen molar-refractivity contribution < 1.29 is 9.59 Å². The number of aromatic amines is 1. The van der Waals surface area contributed by atoms with Gasteiger partial charge in [0.05, 0.1) is 5.75 Å². The topological polar surface area (TPSA) is 119 Å². The van der Waals surface area contributed by atoms with Crippen molar-refractivity contribution in [3.05, 3.63) is 50.7 Å². The number of rotatable bonds is 5. The summed E-state index contributed by atoms with van der Waals surface area (Å²) in [6, 6.07) is 6.58. The second-order valence-electron chi connectivity index (χ2n) is 5.92. The van der Waals surface area contributed by atoms with Crippen molar-refractivity contribution in [1.29, 1.82) is 0 Å². The Labute approximate surface area is 157 Å². The molecule has 0 saturated carbocycles. The number of nitrogens with one attached hydrogen (secondary N) is 2. The summed E-state index contributed by atoms with van der Waals surface area (Å²) in [6.45, 7) is 1.47. The molecular formula is C17H17N5O4S. The predicted octanol–water partition coefficient (Wildman–Crippen LogP) is 0.894. The van der Waals surface area contributed by atoms with Crippen molar-refractivity contribution >= 4 is 40.3 Å².